The first-order valence-corrected chi connectivity index (χ1v) is 5.95. The molecule has 0 amide bonds. The Morgan fingerprint density at radius 1 is 1.10 bits per heavy atom. The molecule has 0 saturated heterocycles. The SMILES string of the molecule is C=C1C=CC(C)=C(c2ccccc2)N1C(F)(F)C(F)F. The molecule has 0 aromatic heterocycles. The van der Waals surface area contributed by atoms with E-state index < -0.39 is 12.5 Å². The second-order valence-electron chi connectivity index (χ2n) is 4.45. The summed E-state index contributed by atoms with van der Waals surface area (Å²) < 4.78 is 53.1. The van der Waals surface area contributed by atoms with Crippen LogP contribution in [0.15, 0.2) is 60.3 Å². The third-order valence-electron chi connectivity index (χ3n) is 3.02. The topological polar surface area (TPSA) is 3.24 Å². The van der Waals surface area contributed by atoms with Crippen LogP contribution in [0.3, 0.4) is 0 Å². The Hall–Kier alpha value is -2.04. The normalized spacial score (nSPS) is 16.3. The zero-order chi connectivity index (χ0) is 14.9. The van der Waals surface area contributed by atoms with Gasteiger partial charge in [0.2, 0.25) is 0 Å². The largest absolute Gasteiger partial charge is 0.389 e. The molecule has 106 valence electrons. The minimum atomic E-state index is -4.31. The first-order chi connectivity index (χ1) is 9.35. The van der Waals surface area contributed by atoms with E-state index in [2.05, 4.69) is 6.58 Å². The van der Waals surface area contributed by atoms with Crippen LogP contribution in [0, 0.1) is 0 Å². The Morgan fingerprint density at radius 3 is 2.25 bits per heavy atom. The summed E-state index contributed by atoms with van der Waals surface area (Å²) in [5.41, 5.74) is 0.794. The zero-order valence-electron chi connectivity index (χ0n) is 10.8. The number of benzene rings is 1. The summed E-state index contributed by atoms with van der Waals surface area (Å²) in [6.07, 6.45) is -0.918. The number of allylic oxidation sites excluding steroid dienone is 3. The monoisotopic (exact) mass is 283 g/mol. The van der Waals surface area contributed by atoms with Crippen molar-refractivity contribution in [3.63, 3.8) is 0 Å². The van der Waals surface area contributed by atoms with Crippen LogP contribution in [0.25, 0.3) is 5.70 Å². The Labute approximate surface area is 114 Å². The first kappa shape index (κ1) is 14.4. The molecule has 1 aliphatic heterocycles. The van der Waals surface area contributed by atoms with Gasteiger partial charge in [-0.2, -0.15) is 8.78 Å². The third-order valence-corrected chi connectivity index (χ3v) is 3.02. The van der Waals surface area contributed by atoms with Crippen molar-refractivity contribution in [1.82, 2.24) is 4.90 Å². The van der Waals surface area contributed by atoms with E-state index in [-0.39, 0.29) is 11.4 Å². The summed E-state index contributed by atoms with van der Waals surface area (Å²) in [6.45, 7) is 5.04. The van der Waals surface area contributed by atoms with E-state index in [1.165, 1.54) is 6.08 Å². The standard InChI is InChI=1S/C15H13F4N/c1-10-8-9-11(2)20(15(18,19)14(16)17)13(10)12-6-4-3-5-7-12/h3-9,14H,2H2,1H3. The van der Waals surface area contributed by atoms with Gasteiger partial charge < -0.3 is 0 Å². The highest BCUT2D eigenvalue weighted by molar-refractivity contribution is 5.73. The van der Waals surface area contributed by atoms with E-state index in [1.807, 2.05) is 0 Å². The molecular formula is C15H13F4N. The van der Waals surface area contributed by atoms with Gasteiger partial charge in [0.1, 0.15) is 0 Å². The van der Waals surface area contributed by atoms with Crippen LogP contribution in [0.4, 0.5) is 17.6 Å². The fourth-order valence-corrected chi connectivity index (χ4v) is 2.09. The molecule has 0 atom stereocenters. The van der Waals surface area contributed by atoms with Gasteiger partial charge in [0.05, 0.1) is 5.70 Å². The van der Waals surface area contributed by atoms with E-state index in [1.54, 1.807) is 43.3 Å². The fourth-order valence-electron chi connectivity index (χ4n) is 2.09. The fraction of sp³-hybridized carbons (Fsp3) is 0.200. The lowest BCUT2D eigenvalue weighted by atomic mass is 10.0. The van der Waals surface area contributed by atoms with Gasteiger partial charge >= 0.3 is 12.5 Å². The molecule has 1 nitrogen and oxygen atoms in total. The van der Waals surface area contributed by atoms with Gasteiger partial charge in [0.25, 0.3) is 0 Å². The van der Waals surface area contributed by atoms with Crippen LogP contribution < -0.4 is 0 Å². The van der Waals surface area contributed by atoms with Crippen molar-refractivity contribution in [2.45, 2.75) is 19.4 Å². The second-order valence-corrected chi connectivity index (χ2v) is 4.45. The molecule has 20 heavy (non-hydrogen) atoms. The number of alkyl halides is 4. The molecule has 1 heterocycles. The summed E-state index contributed by atoms with van der Waals surface area (Å²) in [7, 11) is 0. The molecule has 0 N–H and O–H groups in total. The summed E-state index contributed by atoms with van der Waals surface area (Å²) in [5.74, 6) is 0. The minimum absolute atomic E-state index is 0.0448. The number of hydrogen-bond donors (Lipinski definition) is 0. The second kappa shape index (κ2) is 5.15. The molecule has 0 unspecified atom stereocenters. The Balaban J connectivity index is 2.59. The van der Waals surface area contributed by atoms with E-state index in [0.29, 0.717) is 16.0 Å². The van der Waals surface area contributed by atoms with E-state index in [4.69, 9.17) is 0 Å². The Morgan fingerprint density at radius 2 is 1.70 bits per heavy atom. The van der Waals surface area contributed by atoms with E-state index in [0.717, 1.165) is 0 Å². The third kappa shape index (κ3) is 2.35. The van der Waals surface area contributed by atoms with Crippen LogP contribution in [-0.4, -0.2) is 17.4 Å². The van der Waals surface area contributed by atoms with Gasteiger partial charge in [-0.15, -0.1) is 0 Å². The molecule has 1 aromatic rings. The van der Waals surface area contributed by atoms with Gasteiger partial charge in [0, 0.05) is 5.70 Å². The van der Waals surface area contributed by atoms with Crippen molar-refractivity contribution in [1.29, 1.82) is 0 Å². The molecule has 0 spiro atoms. The average molecular weight is 283 g/mol. The highest BCUT2D eigenvalue weighted by Gasteiger charge is 2.49. The maximum Gasteiger partial charge on any atom is 0.389 e. The molecule has 2 rings (SSSR count). The summed E-state index contributed by atoms with van der Waals surface area (Å²) in [4.78, 5) is 0.308. The quantitative estimate of drug-likeness (QED) is 0.576. The number of nitrogens with zero attached hydrogens (tertiary/aromatic N) is 1. The lowest BCUT2D eigenvalue weighted by Crippen LogP contribution is -2.45. The molecular weight excluding hydrogens is 270 g/mol. The molecule has 5 heteroatoms. The van der Waals surface area contributed by atoms with Crippen LogP contribution in [0.2, 0.25) is 0 Å². The smallest absolute Gasteiger partial charge is 0.277 e. The summed E-state index contributed by atoms with van der Waals surface area (Å²) in [6, 6.07) is 3.93. The van der Waals surface area contributed by atoms with Crippen LogP contribution in [0.5, 0.6) is 0 Å². The Kier molecular flexibility index (Phi) is 3.70. The van der Waals surface area contributed by atoms with Gasteiger partial charge in [-0.1, -0.05) is 43.0 Å². The van der Waals surface area contributed by atoms with Gasteiger partial charge in [-0.25, -0.2) is 8.78 Å². The highest BCUT2D eigenvalue weighted by Crippen LogP contribution is 2.41. The molecule has 0 radical (unpaired) electrons. The summed E-state index contributed by atoms with van der Waals surface area (Å²) >= 11 is 0. The molecule has 1 aromatic carbocycles. The van der Waals surface area contributed by atoms with Gasteiger partial charge in [0.15, 0.2) is 0 Å². The van der Waals surface area contributed by atoms with Crippen LogP contribution in [0.1, 0.15) is 12.5 Å². The van der Waals surface area contributed by atoms with E-state index >= 15 is 0 Å². The summed E-state index contributed by atoms with van der Waals surface area (Å²) in [5, 5.41) is 0. The van der Waals surface area contributed by atoms with Crippen LogP contribution in [-0.2, 0) is 0 Å². The number of rotatable bonds is 3. The van der Waals surface area contributed by atoms with E-state index in [9.17, 15) is 17.6 Å². The average Bonchev–Trinajstić information content (AvgIpc) is 2.41. The molecule has 0 fully saturated rings. The number of hydrogen-bond acceptors (Lipinski definition) is 1. The van der Waals surface area contributed by atoms with Crippen molar-refractivity contribution in [2.75, 3.05) is 0 Å². The maximum absolute atomic E-state index is 13.8. The maximum atomic E-state index is 13.8. The zero-order valence-corrected chi connectivity index (χ0v) is 10.8. The van der Waals surface area contributed by atoms with Crippen molar-refractivity contribution < 1.29 is 17.6 Å². The first-order valence-electron chi connectivity index (χ1n) is 5.95. The van der Waals surface area contributed by atoms with Crippen molar-refractivity contribution >= 4 is 5.70 Å². The van der Waals surface area contributed by atoms with Crippen LogP contribution >= 0.6 is 0 Å². The van der Waals surface area contributed by atoms with Crippen molar-refractivity contribution in [3.05, 3.63) is 65.9 Å². The lowest BCUT2D eigenvalue weighted by molar-refractivity contribution is -0.195. The number of halogens is 4. The molecule has 0 saturated carbocycles. The predicted molar refractivity (Wildman–Crippen MR) is 70.1 cm³/mol. The highest BCUT2D eigenvalue weighted by atomic mass is 19.3. The van der Waals surface area contributed by atoms with Crippen molar-refractivity contribution in [3.8, 4) is 0 Å². The molecule has 1 aliphatic rings. The molecule has 0 aliphatic carbocycles. The Bertz CT molecular complexity index is 573. The van der Waals surface area contributed by atoms with Crippen molar-refractivity contribution in [2.24, 2.45) is 0 Å². The lowest BCUT2D eigenvalue weighted by Gasteiger charge is -2.37. The van der Waals surface area contributed by atoms with Gasteiger partial charge in [-0.3, -0.25) is 4.90 Å². The van der Waals surface area contributed by atoms with Gasteiger partial charge in [-0.05, 0) is 24.1 Å². The molecule has 0 bridgehead atoms. The predicted octanol–water partition coefficient (Wildman–Crippen LogP) is 4.66. The minimum Gasteiger partial charge on any atom is -0.277 e.